The smallest absolute Gasteiger partial charge is 0.337 e. The second kappa shape index (κ2) is 7.47. The van der Waals surface area contributed by atoms with Crippen molar-refractivity contribution in [2.75, 3.05) is 13.2 Å². The predicted octanol–water partition coefficient (Wildman–Crippen LogP) is 1.15. The molecule has 6 nitrogen and oxygen atoms in total. The standard InChI is InChI=1S/C7H12O3.C5H6O3/c1-4-10-7(9)5(2)6(3)8;1-3-4(6)2-8-5(3)7/h5H,4H2,1-3H3;6H,2H2,1H3. The van der Waals surface area contributed by atoms with Crippen LogP contribution in [0.4, 0.5) is 0 Å². The molecule has 0 aromatic rings. The molecule has 1 unspecified atom stereocenters. The van der Waals surface area contributed by atoms with E-state index >= 15 is 0 Å². The first kappa shape index (κ1) is 16.1. The van der Waals surface area contributed by atoms with E-state index in [0.29, 0.717) is 12.2 Å². The van der Waals surface area contributed by atoms with Gasteiger partial charge >= 0.3 is 11.9 Å². The third-order valence-electron chi connectivity index (χ3n) is 2.33. The van der Waals surface area contributed by atoms with E-state index in [0.717, 1.165) is 0 Å². The predicted molar refractivity (Wildman–Crippen MR) is 62.8 cm³/mol. The largest absolute Gasteiger partial charge is 0.508 e. The summed E-state index contributed by atoms with van der Waals surface area (Å²) in [6.07, 6.45) is 0. The Morgan fingerprint density at radius 3 is 2.28 bits per heavy atom. The van der Waals surface area contributed by atoms with Crippen LogP contribution in [0.5, 0.6) is 0 Å². The Hall–Kier alpha value is -1.85. The number of aliphatic hydroxyl groups is 1. The highest BCUT2D eigenvalue weighted by Crippen LogP contribution is 2.10. The molecule has 1 aliphatic rings. The van der Waals surface area contributed by atoms with E-state index in [1.54, 1.807) is 13.8 Å². The van der Waals surface area contributed by atoms with Gasteiger partial charge in [0.1, 0.15) is 24.1 Å². The quantitative estimate of drug-likeness (QED) is 0.603. The van der Waals surface area contributed by atoms with Gasteiger partial charge in [-0.3, -0.25) is 9.59 Å². The van der Waals surface area contributed by atoms with Gasteiger partial charge in [0.2, 0.25) is 0 Å². The summed E-state index contributed by atoms with van der Waals surface area (Å²) in [6.45, 7) is 6.54. The van der Waals surface area contributed by atoms with Crippen LogP contribution in [0.2, 0.25) is 0 Å². The summed E-state index contributed by atoms with van der Waals surface area (Å²) in [4.78, 5) is 31.6. The number of hydrogen-bond acceptors (Lipinski definition) is 6. The Bertz CT molecular complexity index is 369. The minimum absolute atomic E-state index is 0.0463. The van der Waals surface area contributed by atoms with Crippen molar-refractivity contribution < 1.29 is 29.0 Å². The molecule has 1 heterocycles. The zero-order valence-electron chi connectivity index (χ0n) is 11.0. The van der Waals surface area contributed by atoms with Gasteiger partial charge in [-0.15, -0.1) is 0 Å². The Balaban J connectivity index is 0.000000327. The maximum Gasteiger partial charge on any atom is 0.337 e. The van der Waals surface area contributed by atoms with Crippen LogP contribution in [0.15, 0.2) is 11.3 Å². The lowest BCUT2D eigenvalue weighted by Gasteiger charge is -2.04. The zero-order valence-corrected chi connectivity index (χ0v) is 11.0. The number of Topliss-reactive ketones (excluding diaryl/α,β-unsaturated/α-hetero) is 1. The minimum atomic E-state index is -0.611. The first-order chi connectivity index (χ1) is 8.31. The summed E-state index contributed by atoms with van der Waals surface area (Å²) in [7, 11) is 0. The van der Waals surface area contributed by atoms with Crippen molar-refractivity contribution in [3.05, 3.63) is 11.3 Å². The molecule has 0 aliphatic carbocycles. The number of hydrogen-bond donors (Lipinski definition) is 1. The normalized spacial score (nSPS) is 15.4. The Kier molecular flexibility index (Phi) is 6.70. The molecule has 0 aromatic carbocycles. The Morgan fingerprint density at radius 2 is 2.06 bits per heavy atom. The fraction of sp³-hybridized carbons (Fsp3) is 0.583. The highest BCUT2D eigenvalue weighted by Gasteiger charge is 2.19. The number of rotatable bonds is 3. The van der Waals surface area contributed by atoms with Gasteiger partial charge < -0.3 is 14.6 Å². The fourth-order valence-electron chi connectivity index (χ4n) is 0.901. The van der Waals surface area contributed by atoms with Gasteiger partial charge in [0.15, 0.2) is 0 Å². The summed E-state index contributed by atoms with van der Waals surface area (Å²) < 4.78 is 9.02. The Labute approximate surface area is 106 Å². The molecule has 1 aliphatic heterocycles. The van der Waals surface area contributed by atoms with E-state index in [9.17, 15) is 14.4 Å². The van der Waals surface area contributed by atoms with Crippen LogP contribution in [0.3, 0.4) is 0 Å². The molecule has 6 heteroatoms. The van der Waals surface area contributed by atoms with Crippen LogP contribution in [0.1, 0.15) is 27.7 Å². The first-order valence-electron chi connectivity index (χ1n) is 5.54. The zero-order chi connectivity index (χ0) is 14.3. The summed E-state index contributed by atoms with van der Waals surface area (Å²) in [5, 5.41) is 8.70. The molecule has 0 saturated carbocycles. The van der Waals surface area contributed by atoms with E-state index in [4.69, 9.17) is 5.11 Å². The molecule has 0 fully saturated rings. The number of aliphatic hydroxyl groups excluding tert-OH is 1. The van der Waals surface area contributed by atoms with Crippen molar-refractivity contribution in [1.29, 1.82) is 0 Å². The van der Waals surface area contributed by atoms with E-state index < -0.39 is 17.9 Å². The highest BCUT2D eigenvalue weighted by molar-refractivity contribution is 5.97. The summed E-state index contributed by atoms with van der Waals surface area (Å²) >= 11 is 0. The molecule has 0 saturated heterocycles. The van der Waals surface area contributed by atoms with Crippen molar-refractivity contribution in [2.24, 2.45) is 5.92 Å². The monoisotopic (exact) mass is 258 g/mol. The minimum Gasteiger partial charge on any atom is -0.508 e. The number of carbonyl (C=O) groups excluding carboxylic acids is 3. The van der Waals surface area contributed by atoms with Crippen LogP contribution in [-0.2, 0) is 23.9 Å². The molecular formula is C12H18O6. The van der Waals surface area contributed by atoms with E-state index in [1.165, 1.54) is 13.8 Å². The maximum atomic E-state index is 10.7. The molecule has 0 spiro atoms. The summed E-state index contributed by atoms with van der Waals surface area (Å²) in [5.41, 5.74) is 0.324. The SMILES string of the molecule is CC1=C(O)COC1=O.CCOC(=O)C(C)C(C)=O. The average molecular weight is 258 g/mol. The molecule has 0 aromatic heterocycles. The van der Waals surface area contributed by atoms with Crippen molar-refractivity contribution in [1.82, 2.24) is 0 Å². The fourth-order valence-corrected chi connectivity index (χ4v) is 0.901. The van der Waals surface area contributed by atoms with Crippen LogP contribution in [-0.4, -0.2) is 36.0 Å². The van der Waals surface area contributed by atoms with Gasteiger partial charge in [-0.1, -0.05) is 0 Å². The molecule has 0 amide bonds. The molecule has 18 heavy (non-hydrogen) atoms. The van der Waals surface area contributed by atoms with Gasteiger partial charge in [-0.05, 0) is 27.7 Å². The van der Waals surface area contributed by atoms with E-state index in [-0.39, 0.29) is 18.1 Å². The second-order valence-corrected chi connectivity index (χ2v) is 3.73. The topological polar surface area (TPSA) is 89.9 Å². The Morgan fingerprint density at radius 1 is 1.50 bits per heavy atom. The van der Waals surface area contributed by atoms with E-state index in [2.05, 4.69) is 9.47 Å². The highest BCUT2D eigenvalue weighted by atomic mass is 16.5. The molecule has 1 atom stereocenters. The molecular weight excluding hydrogens is 240 g/mol. The van der Waals surface area contributed by atoms with Crippen molar-refractivity contribution in [3.63, 3.8) is 0 Å². The molecule has 0 radical (unpaired) electrons. The van der Waals surface area contributed by atoms with Gasteiger partial charge in [0, 0.05) is 0 Å². The molecule has 102 valence electrons. The number of ether oxygens (including phenoxy) is 2. The second-order valence-electron chi connectivity index (χ2n) is 3.73. The average Bonchev–Trinajstić information content (AvgIpc) is 2.60. The van der Waals surface area contributed by atoms with Gasteiger partial charge in [-0.25, -0.2) is 4.79 Å². The van der Waals surface area contributed by atoms with Gasteiger partial charge in [-0.2, -0.15) is 0 Å². The maximum absolute atomic E-state index is 10.7. The molecule has 0 bridgehead atoms. The lowest BCUT2D eigenvalue weighted by Crippen LogP contribution is -2.20. The van der Waals surface area contributed by atoms with Crippen LogP contribution in [0.25, 0.3) is 0 Å². The van der Waals surface area contributed by atoms with E-state index in [1.807, 2.05) is 0 Å². The number of cyclic esters (lactones) is 1. The third-order valence-corrected chi connectivity index (χ3v) is 2.33. The lowest BCUT2D eigenvalue weighted by molar-refractivity contribution is -0.150. The molecule has 1 N–H and O–H groups in total. The van der Waals surface area contributed by atoms with Crippen LogP contribution >= 0.6 is 0 Å². The van der Waals surface area contributed by atoms with Crippen LogP contribution in [0, 0.1) is 5.92 Å². The van der Waals surface area contributed by atoms with Crippen molar-refractivity contribution in [2.45, 2.75) is 27.7 Å². The van der Waals surface area contributed by atoms with Crippen molar-refractivity contribution >= 4 is 17.7 Å². The first-order valence-corrected chi connectivity index (χ1v) is 5.54. The lowest BCUT2D eigenvalue weighted by atomic mass is 10.1. The van der Waals surface area contributed by atoms with Gasteiger partial charge in [0.05, 0.1) is 12.2 Å². The summed E-state index contributed by atoms with van der Waals surface area (Å²) in [5.74, 6) is -1.56. The van der Waals surface area contributed by atoms with Crippen LogP contribution < -0.4 is 0 Å². The number of esters is 2. The van der Waals surface area contributed by atoms with Crippen molar-refractivity contribution in [3.8, 4) is 0 Å². The third kappa shape index (κ3) is 4.99. The number of carbonyl (C=O) groups is 3. The van der Waals surface area contributed by atoms with Gasteiger partial charge in [0.25, 0.3) is 0 Å². The summed E-state index contributed by atoms with van der Waals surface area (Å²) in [6, 6.07) is 0. The number of ketones is 1. The molecule has 1 rings (SSSR count).